The van der Waals surface area contributed by atoms with E-state index in [-0.39, 0.29) is 4.90 Å². The molecule has 1 unspecified atom stereocenters. The minimum atomic E-state index is -2.62. The molecule has 1 aromatic carbocycles. The second kappa shape index (κ2) is 5.86. The maximum absolute atomic E-state index is 12.3. The number of rotatable bonds is 3. The second-order valence-electron chi connectivity index (χ2n) is 4.48. The van der Waals surface area contributed by atoms with Gasteiger partial charge in [-0.15, -0.1) is 0 Å². The van der Waals surface area contributed by atoms with Crippen LogP contribution < -0.4 is 0 Å². The first-order chi connectivity index (χ1) is 9.41. The Labute approximate surface area is 117 Å². The van der Waals surface area contributed by atoms with Crippen LogP contribution in [0.15, 0.2) is 35.2 Å². The lowest BCUT2D eigenvalue weighted by Crippen LogP contribution is -2.66. The minimum absolute atomic E-state index is 0.175. The summed E-state index contributed by atoms with van der Waals surface area (Å²) in [4.78, 5) is 0.175. The van der Waals surface area contributed by atoms with Crippen molar-refractivity contribution in [3.63, 3.8) is 0 Å². The highest BCUT2D eigenvalue weighted by Gasteiger charge is 2.56. The average molecular weight is 304 g/mol. The lowest BCUT2D eigenvalue weighted by Gasteiger charge is -2.44. The number of hydrogen-bond donors (Lipinski definition) is 5. The lowest BCUT2D eigenvalue weighted by molar-refractivity contribution is -0.307. The van der Waals surface area contributed by atoms with E-state index in [9.17, 15) is 24.6 Å². The topological polar surface area (TPSA) is 127 Å². The Morgan fingerprint density at radius 1 is 1.15 bits per heavy atom. The molecule has 1 saturated heterocycles. The summed E-state index contributed by atoms with van der Waals surface area (Å²) in [7, 11) is -2.22. The van der Waals surface area contributed by atoms with Gasteiger partial charge < -0.3 is 30.3 Å². The number of hydrogen-bond acceptors (Lipinski definition) is 7. The SMILES string of the molecule is O=S(c1ccccc1)[C@]1(O)O[C@H](CO)[C@@H](O)[C@H](O)[C@@H]1O. The Morgan fingerprint density at radius 3 is 2.30 bits per heavy atom. The van der Waals surface area contributed by atoms with Crippen LogP contribution in [0.5, 0.6) is 0 Å². The second-order valence-corrected chi connectivity index (χ2v) is 6.07. The van der Waals surface area contributed by atoms with Crippen molar-refractivity contribution < 1.29 is 34.5 Å². The third kappa shape index (κ3) is 2.51. The first-order valence-corrected chi connectivity index (χ1v) is 7.09. The van der Waals surface area contributed by atoms with Gasteiger partial charge in [-0.1, -0.05) is 18.2 Å². The van der Waals surface area contributed by atoms with Crippen molar-refractivity contribution in [2.75, 3.05) is 6.61 Å². The smallest absolute Gasteiger partial charge is 0.279 e. The van der Waals surface area contributed by atoms with Crippen molar-refractivity contribution in [1.82, 2.24) is 0 Å². The van der Waals surface area contributed by atoms with E-state index in [4.69, 9.17) is 9.84 Å². The summed E-state index contributed by atoms with van der Waals surface area (Å²) >= 11 is 0. The quantitative estimate of drug-likeness (QED) is 0.433. The Hall–Kier alpha value is -0.870. The third-order valence-electron chi connectivity index (χ3n) is 3.15. The largest absolute Gasteiger partial charge is 0.394 e. The van der Waals surface area contributed by atoms with Crippen LogP contribution in [0.2, 0.25) is 0 Å². The molecule has 0 amide bonds. The summed E-state index contributed by atoms with van der Waals surface area (Å²) in [6.45, 7) is -0.709. The molecule has 7 nitrogen and oxygen atoms in total. The van der Waals surface area contributed by atoms with Gasteiger partial charge in [-0.3, -0.25) is 0 Å². The van der Waals surface area contributed by atoms with Crippen LogP contribution >= 0.6 is 0 Å². The molecule has 0 bridgehead atoms. The molecule has 6 atom stereocenters. The van der Waals surface area contributed by atoms with Crippen LogP contribution in [-0.2, 0) is 15.5 Å². The highest BCUT2D eigenvalue weighted by molar-refractivity contribution is 7.86. The van der Waals surface area contributed by atoms with Gasteiger partial charge in [0, 0.05) is 4.90 Å². The van der Waals surface area contributed by atoms with E-state index in [0.29, 0.717) is 0 Å². The van der Waals surface area contributed by atoms with Crippen molar-refractivity contribution >= 4 is 10.8 Å². The van der Waals surface area contributed by atoms with E-state index in [2.05, 4.69) is 0 Å². The Morgan fingerprint density at radius 2 is 1.75 bits per heavy atom. The molecule has 0 saturated carbocycles. The van der Waals surface area contributed by atoms with Gasteiger partial charge in [0.2, 0.25) is 0 Å². The first-order valence-electron chi connectivity index (χ1n) is 5.94. The average Bonchev–Trinajstić information content (AvgIpc) is 2.49. The molecule has 112 valence electrons. The van der Waals surface area contributed by atoms with Crippen molar-refractivity contribution in [1.29, 1.82) is 0 Å². The summed E-state index contributed by atoms with van der Waals surface area (Å²) in [6.07, 6.45) is -6.73. The van der Waals surface area contributed by atoms with E-state index in [1.807, 2.05) is 0 Å². The van der Waals surface area contributed by atoms with Gasteiger partial charge in [0.25, 0.3) is 5.12 Å². The Kier molecular flexibility index (Phi) is 4.55. The van der Waals surface area contributed by atoms with Crippen LogP contribution in [0.25, 0.3) is 0 Å². The maximum atomic E-state index is 12.3. The van der Waals surface area contributed by atoms with Crippen LogP contribution in [0, 0.1) is 0 Å². The maximum Gasteiger partial charge on any atom is 0.279 e. The number of aliphatic hydroxyl groups is 5. The van der Waals surface area contributed by atoms with Crippen LogP contribution in [-0.4, -0.2) is 65.9 Å². The van der Waals surface area contributed by atoms with Crippen molar-refractivity contribution in [3.8, 4) is 0 Å². The molecule has 5 N–H and O–H groups in total. The number of aliphatic hydroxyl groups excluding tert-OH is 4. The Balaban J connectivity index is 2.34. The van der Waals surface area contributed by atoms with Gasteiger partial charge in [-0.05, 0) is 12.1 Å². The van der Waals surface area contributed by atoms with Gasteiger partial charge in [-0.25, -0.2) is 4.21 Å². The molecule has 1 aliphatic rings. The molecule has 2 rings (SSSR count). The molecule has 1 aliphatic heterocycles. The molecule has 1 aromatic rings. The van der Waals surface area contributed by atoms with Crippen molar-refractivity contribution in [3.05, 3.63) is 30.3 Å². The summed E-state index contributed by atoms with van der Waals surface area (Å²) in [5.74, 6) is 0. The summed E-state index contributed by atoms with van der Waals surface area (Å²) in [6, 6.07) is 7.75. The zero-order valence-corrected chi connectivity index (χ0v) is 11.2. The fourth-order valence-electron chi connectivity index (χ4n) is 1.99. The predicted octanol–water partition coefficient (Wildman–Crippen LogP) is -2.09. The molecule has 20 heavy (non-hydrogen) atoms. The lowest BCUT2D eigenvalue weighted by atomic mass is 9.99. The van der Waals surface area contributed by atoms with E-state index in [1.54, 1.807) is 18.2 Å². The first kappa shape index (κ1) is 15.5. The Bertz CT molecular complexity index is 480. The molecule has 1 fully saturated rings. The fourth-order valence-corrected chi connectivity index (χ4v) is 3.30. The van der Waals surface area contributed by atoms with Gasteiger partial charge in [-0.2, -0.15) is 0 Å². The van der Waals surface area contributed by atoms with Gasteiger partial charge in [0.15, 0.2) is 0 Å². The molecule has 8 heteroatoms. The molecule has 0 aliphatic carbocycles. The third-order valence-corrected chi connectivity index (χ3v) is 4.72. The van der Waals surface area contributed by atoms with E-state index in [1.165, 1.54) is 12.1 Å². The van der Waals surface area contributed by atoms with Crippen molar-refractivity contribution in [2.45, 2.75) is 34.4 Å². The zero-order valence-electron chi connectivity index (χ0n) is 10.4. The van der Waals surface area contributed by atoms with Gasteiger partial charge >= 0.3 is 0 Å². The molecule has 0 radical (unpaired) electrons. The van der Waals surface area contributed by atoms with Gasteiger partial charge in [0.05, 0.1) is 6.61 Å². The van der Waals surface area contributed by atoms with Crippen LogP contribution in [0.1, 0.15) is 0 Å². The minimum Gasteiger partial charge on any atom is -0.394 e. The summed E-state index contributed by atoms with van der Waals surface area (Å²) < 4.78 is 17.3. The highest BCUT2D eigenvalue weighted by atomic mass is 32.2. The van der Waals surface area contributed by atoms with E-state index >= 15 is 0 Å². The van der Waals surface area contributed by atoms with Crippen molar-refractivity contribution in [2.24, 2.45) is 0 Å². The van der Waals surface area contributed by atoms with E-state index in [0.717, 1.165) is 0 Å². The molecule has 1 heterocycles. The van der Waals surface area contributed by atoms with Gasteiger partial charge in [0.1, 0.15) is 35.2 Å². The molecule has 0 spiro atoms. The molecule has 0 aromatic heterocycles. The molecular weight excluding hydrogens is 288 g/mol. The normalized spacial score (nSPS) is 39.5. The predicted molar refractivity (Wildman–Crippen MR) is 67.8 cm³/mol. The fraction of sp³-hybridized carbons (Fsp3) is 0.500. The standard InChI is InChI=1S/C12H16O7S/c13-6-8-9(14)10(15)11(16)12(17,19-8)20(18)7-4-2-1-3-5-7/h1-5,8-11,13-17H,6H2/t8-,9-,10+,11+,12-,20?/m1/s1. The number of ether oxygens (including phenoxy) is 1. The highest BCUT2D eigenvalue weighted by Crippen LogP contribution is 2.33. The number of benzene rings is 1. The summed E-state index contributed by atoms with van der Waals surface area (Å²) in [5, 5.41) is 45.9. The van der Waals surface area contributed by atoms with Crippen LogP contribution in [0.3, 0.4) is 0 Å². The van der Waals surface area contributed by atoms with E-state index < -0.39 is 46.9 Å². The monoisotopic (exact) mass is 304 g/mol. The summed E-state index contributed by atoms with van der Waals surface area (Å²) in [5.41, 5.74) is 0. The zero-order chi connectivity index (χ0) is 14.9. The molecular formula is C12H16O7S. The van der Waals surface area contributed by atoms with Crippen LogP contribution in [0.4, 0.5) is 0 Å².